The van der Waals surface area contributed by atoms with Gasteiger partial charge in [-0.15, -0.1) is 33.1 Å². The van der Waals surface area contributed by atoms with Crippen LogP contribution in [0, 0.1) is 44.4 Å². The molecule has 6 rings (SSSR count). The zero-order valence-corrected chi connectivity index (χ0v) is 36.1. The second-order valence-electron chi connectivity index (χ2n) is 15.7. The fourth-order valence-corrected chi connectivity index (χ4v) is 8.58. The van der Waals surface area contributed by atoms with Gasteiger partial charge in [-0.1, -0.05) is 111 Å². The Kier molecular flexibility index (Phi) is 13.8. The fraction of sp³-hybridized carbons (Fsp3) is 0.478. The fourth-order valence-electron chi connectivity index (χ4n) is 8.58. The summed E-state index contributed by atoms with van der Waals surface area (Å²) in [5, 5.41) is 19.9. The Labute approximate surface area is 347 Å². The molecule has 5 heterocycles. The predicted molar refractivity (Wildman–Crippen MR) is 224 cm³/mol. The van der Waals surface area contributed by atoms with E-state index in [2.05, 4.69) is 48.1 Å². The van der Waals surface area contributed by atoms with Crippen molar-refractivity contribution in [3.63, 3.8) is 0 Å². The second-order valence-corrected chi connectivity index (χ2v) is 15.7. The molecule has 0 spiro atoms. The standard InChI is InChI=1S/C46H56N4O5.Mg/c1-11-24(4)15-14-16-25(5)19-20-55-39(51)18-17-32-28(8)35-21-33-26(6)30(12-2)37(47-33)22-34-27(7)31(13-3)38(48-34)23-36-29(9)40-44(50-36)41(43(32)49-35)42(45(40)52)46(53)54-10;/h12,19,21-24,28,32,42-43,52H,2,11,13-18,20H2,1,3-10H3;/q-4;+2/b25-19+,34-22-,35-21-,38-23-;/t24-,28+,32+,42-,43?;/m1./s1. The monoisotopic (exact) mass is 768 g/mol. The molecule has 2 aliphatic heterocycles. The van der Waals surface area contributed by atoms with Gasteiger partial charge >= 0.3 is 35.0 Å². The molecule has 1 aliphatic carbocycles. The number of rotatable bonds is 13. The van der Waals surface area contributed by atoms with Gasteiger partial charge in [0.05, 0.1) is 7.11 Å². The molecule has 9 nitrogen and oxygen atoms in total. The second kappa shape index (κ2) is 18.0. The van der Waals surface area contributed by atoms with Crippen LogP contribution in [-0.2, 0) is 25.5 Å². The average molecular weight is 769 g/mol. The minimum Gasteiger partial charge on any atom is -0.681 e. The van der Waals surface area contributed by atoms with Gasteiger partial charge in [-0.2, -0.15) is 5.70 Å². The summed E-state index contributed by atoms with van der Waals surface area (Å²) < 4.78 is 11.0. The van der Waals surface area contributed by atoms with Crippen LogP contribution in [0.5, 0.6) is 0 Å². The van der Waals surface area contributed by atoms with Gasteiger partial charge in [0.15, 0.2) is 0 Å². The molecule has 1 unspecified atom stereocenters. The van der Waals surface area contributed by atoms with Crippen LogP contribution in [0.3, 0.4) is 0 Å². The molecule has 294 valence electrons. The van der Waals surface area contributed by atoms with Crippen LogP contribution in [0.25, 0.3) is 41.0 Å². The number of allylic oxidation sites excluding steroid dienone is 2. The molecule has 1 saturated heterocycles. The molecule has 5 atom stereocenters. The van der Waals surface area contributed by atoms with Crippen molar-refractivity contribution in [1.82, 2.24) is 15.0 Å². The van der Waals surface area contributed by atoms with Gasteiger partial charge in [0.25, 0.3) is 0 Å². The molecule has 56 heavy (non-hydrogen) atoms. The van der Waals surface area contributed by atoms with Crippen LogP contribution in [-0.4, -0.2) is 59.9 Å². The van der Waals surface area contributed by atoms with Gasteiger partial charge < -0.3 is 34.8 Å². The van der Waals surface area contributed by atoms with Crippen molar-refractivity contribution < 1.29 is 24.2 Å². The number of ether oxygens (including phenoxy) is 2. The summed E-state index contributed by atoms with van der Waals surface area (Å²) in [5.41, 5.74) is 9.69. The molecule has 3 aliphatic rings. The number of aliphatic hydroxyl groups is 1. The van der Waals surface area contributed by atoms with Crippen LogP contribution in [0.4, 0.5) is 0 Å². The molecule has 1 N–H and O–H groups in total. The number of aliphatic hydroxyl groups excluding tert-OH is 1. The number of hydrogen-bond acceptors (Lipinski definition) is 5. The van der Waals surface area contributed by atoms with Crippen molar-refractivity contribution in [1.29, 1.82) is 0 Å². The number of hydrogen-bond donors (Lipinski definition) is 1. The Bertz CT molecular complexity index is 2320. The third kappa shape index (κ3) is 8.14. The molecule has 10 heteroatoms. The van der Waals surface area contributed by atoms with Crippen molar-refractivity contribution in [2.24, 2.45) is 23.7 Å². The number of nitrogens with zero attached hydrogens (tertiary/aromatic N) is 4. The Hall–Kier alpha value is -4.15. The average Bonchev–Trinajstić information content (AvgIpc) is 3.90. The van der Waals surface area contributed by atoms with Crippen molar-refractivity contribution in [3.8, 4) is 0 Å². The zero-order valence-electron chi connectivity index (χ0n) is 34.7. The van der Waals surface area contributed by atoms with Crippen molar-refractivity contribution in [2.75, 3.05) is 13.7 Å². The summed E-state index contributed by atoms with van der Waals surface area (Å²) >= 11 is 0. The van der Waals surface area contributed by atoms with Crippen LogP contribution in [0.15, 0.2) is 23.9 Å². The topological polar surface area (TPSA) is 129 Å². The van der Waals surface area contributed by atoms with E-state index in [0.717, 1.165) is 74.9 Å². The number of fused-ring (bicyclic) bond motifs is 8. The maximum atomic E-state index is 13.5. The molecule has 8 bridgehead atoms. The zero-order chi connectivity index (χ0) is 39.7. The maximum Gasteiger partial charge on any atom is 2.00 e. The quantitative estimate of drug-likeness (QED) is 0.139. The normalized spacial score (nSPS) is 22.5. The summed E-state index contributed by atoms with van der Waals surface area (Å²) in [4.78, 5) is 42.1. The number of carbonyl (C=O) groups is 2. The first-order valence-corrected chi connectivity index (χ1v) is 19.9. The third-order valence-electron chi connectivity index (χ3n) is 12.3. The first-order valence-electron chi connectivity index (χ1n) is 19.9. The Morgan fingerprint density at radius 1 is 0.982 bits per heavy atom. The largest absolute Gasteiger partial charge is 2.00 e. The minimum atomic E-state index is -1.07. The summed E-state index contributed by atoms with van der Waals surface area (Å²) in [6.45, 7) is 21.2. The number of aromatic nitrogens is 3. The van der Waals surface area contributed by atoms with Gasteiger partial charge in [0.2, 0.25) is 0 Å². The van der Waals surface area contributed by atoms with E-state index in [9.17, 15) is 14.7 Å². The van der Waals surface area contributed by atoms with Crippen molar-refractivity contribution >= 4 is 70.6 Å². The molecule has 3 aromatic rings. The van der Waals surface area contributed by atoms with E-state index < -0.39 is 17.9 Å². The maximum absolute atomic E-state index is 13.5. The summed E-state index contributed by atoms with van der Waals surface area (Å²) in [7, 11) is 1.33. The Morgan fingerprint density at radius 3 is 2.38 bits per heavy atom. The molecule has 0 amide bonds. The van der Waals surface area contributed by atoms with Crippen molar-refractivity contribution in [3.05, 3.63) is 95.4 Å². The van der Waals surface area contributed by atoms with Crippen LogP contribution >= 0.6 is 0 Å². The van der Waals surface area contributed by atoms with Gasteiger partial charge in [-0.05, 0) is 82.8 Å². The number of methoxy groups -OCH3 is 1. The van der Waals surface area contributed by atoms with Gasteiger partial charge in [-0.25, -0.2) is 0 Å². The molecule has 0 aromatic carbocycles. The van der Waals surface area contributed by atoms with E-state index in [4.69, 9.17) is 29.7 Å². The van der Waals surface area contributed by atoms with E-state index in [-0.39, 0.29) is 59.6 Å². The summed E-state index contributed by atoms with van der Waals surface area (Å²) in [6.07, 6.45) is 15.8. The predicted octanol–water partition coefficient (Wildman–Crippen LogP) is 5.43. The molecule has 0 radical (unpaired) electrons. The van der Waals surface area contributed by atoms with Gasteiger partial charge in [0, 0.05) is 11.6 Å². The Balaban J connectivity index is 0.00000600. The SMILES string of the molecule is C=Cc1c2[n-]c(c1C)/C=C1\[N-]C(C3=c4[n-]c(c(C)c4=C(O)[C@@H]3C(=O)OC)/C=c3\[n-]/c(c(C)c3CC)=C\2)[C@@H](CCC(=O)OC/C=C(\C)CCC[C@H](C)CC)[C@@H]1C.[Mg+2]. The summed E-state index contributed by atoms with van der Waals surface area (Å²) in [5.74, 6) is -1.62. The van der Waals surface area contributed by atoms with E-state index in [1.165, 1.54) is 25.5 Å². The number of carbonyl (C=O) groups excluding carboxylic acids is 2. The first kappa shape index (κ1) is 43.0. The molecule has 1 fully saturated rings. The summed E-state index contributed by atoms with van der Waals surface area (Å²) in [6, 6.07) is -0.568. The van der Waals surface area contributed by atoms with E-state index in [1.54, 1.807) is 0 Å². The van der Waals surface area contributed by atoms with E-state index in [1.807, 2.05) is 44.2 Å². The van der Waals surface area contributed by atoms with Gasteiger partial charge in [0.1, 0.15) is 18.3 Å². The van der Waals surface area contributed by atoms with E-state index in [0.29, 0.717) is 34.2 Å². The molecule has 0 saturated carbocycles. The van der Waals surface area contributed by atoms with Crippen LogP contribution in [0.1, 0.15) is 118 Å². The van der Waals surface area contributed by atoms with Crippen molar-refractivity contribution in [2.45, 2.75) is 106 Å². The molecule has 3 aromatic heterocycles. The number of esters is 2. The first-order chi connectivity index (χ1) is 26.3. The third-order valence-corrected chi connectivity index (χ3v) is 12.3. The minimum absolute atomic E-state index is 0. The molecular weight excluding hydrogens is 713 g/mol. The Morgan fingerprint density at radius 2 is 1.70 bits per heavy atom. The molecular formula is C46H56MgN4O5-2. The van der Waals surface area contributed by atoms with Crippen LogP contribution in [0.2, 0.25) is 0 Å². The van der Waals surface area contributed by atoms with Crippen LogP contribution < -0.4 is 36.2 Å². The van der Waals surface area contributed by atoms with E-state index >= 15 is 0 Å². The smallest absolute Gasteiger partial charge is 0.681 e. The van der Waals surface area contributed by atoms with Gasteiger partial charge in [-0.3, -0.25) is 9.59 Å².